The van der Waals surface area contributed by atoms with E-state index in [0.717, 1.165) is 39.7 Å². The Morgan fingerprint density at radius 1 is 1.13 bits per heavy atom. The maximum Gasteiger partial charge on any atom is 0.439 e. The number of pyridine rings is 1. The van der Waals surface area contributed by atoms with Crippen LogP contribution in [0.15, 0.2) is 71.9 Å². The first-order chi connectivity index (χ1) is 18.7. The minimum Gasteiger partial charge on any atom is -0.466 e. The molecule has 1 aliphatic rings. The second kappa shape index (κ2) is 10.5. The molecular formula is C30H29ClN5O3+. The minimum absolute atomic E-state index is 0.0787. The van der Waals surface area contributed by atoms with E-state index in [1.807, 2.05) is 87.6 Å². The maximum absolute atomic E-state index is 14.1. The van der Waals surface area contributed by atoms with Crippen molar-refractivity contribution < 1.29 is 14.3 Å². The van der Waals surface area contributed by atoms with E-state index in [4.69, 9.17) is 16.3 Å². The molecule has 3 heterocycles. The molecule has 2 aromatic heterocycles. The number of anilines is 2. The Morgan fingerprint density at radius 2 is 1.85 bits per heavy atom. The third-order valence-electron chi connectivity index (χ3n) is 6.80. The maximum atomic E-state index is 14.1. The molecule has 0 spiro atoms. The number of amides is 2. The number of allylic oxidation sites excluding steroid dienone is 1. The fourth-order valence-corrected chi connectivity index (χ4v) is 4.89. The summed E-state index contributed by atoms with van der Waals surface area (Å²) >= 11 is 6.04. The summed E-state index contributed by atoms with van der Waals surface area (Å²) in [5, 5.41) is 0.655. The number of hydrogen-bond donors (Lipinski definition) is 1. The Morgan fingerprint density at radius 3 is 2.51 bits per heavy atom. The molecule has 8 nitrogen and oxygen atoms in total. The van der Waals surface area contributed by atoms with E-state index < -0.39 is 0 Å². The van der Waals surface area contributed by atoms with Crippen LogP contribution in [0.5, 0.6) is 0 Å². The predicted octanol–water partition coefficient (Wildman–Crippen LogP) is 7.03. The molecule has 0 fully saturated rings. The number of esters is 1. The fourth-order valence-electron chi connectivity index (χ4n) is 4.78. The van der Waals surface area contributed by atoms with Gasteiger partial charge in [0.2, 0.25) is 5.82 Å². The number of imidazole rings is 1. The number of ether oxygens (including phenoxy) is 1. The SMILES string of the molecule is CCOC(=O)Cc1ccc(N2C(=O)[N+](C)(c3ccc(-c4nc(C=C(C)Cl)c(C)[nH]4)cc3)c3cccnc32)cc1. The van der Waals surface area contributed by atoms with Gasteiger partial charge in [0.15, 0.2) is 5.69 Å². The van der Waals surface area contributed by atoms with Crippen LogP contribution >= 0.6 is 11.6 Å². The standard InChI is InChI=1S/C30H29ClN5O3/c1-5-39-27(37)18-21-8-12-23(13-9-21)35-29-26(7-6-16-32-29)36(4,30(35)38)24-14-10-22(11-15-24)28-33-20(3)25(34-28)17-19(2)31/h6-17H,5,18H2,1-4H3,(H,33,34)/q+1. The average Bonchev–Trinajstić information content (AvgIpc) is 3.39. The first kappa shape index (κ1) is 26.3. The number of quaternary nitrogens is 1. The lowest BCUT2D eigenvalue weighted by molar-refractivity contribution is -0.142. The summed E-state index contributed by atoms with van der Waals surface area (Å²) in [4.78, 5) is 40.1. The molecule has 9 heteroatoms. The average molecular weight is 543 g/mol. The van der Waals surface area contributed by atoms with E-state index in [2.05, 4.69) is 15.0 Å². The van der Waals surface area contributed by atoms with Crippen LogP contribution in [0.1, 0.15) is 30.8 Å². The van der Waals surface area contributed by atoms with E-state index in [-0.39, 0.29) is 22.9 Å². The van der Waals surface area contributed by atoms with Crippen LogP contribution in [0, 0.1) is 6.92 Å². The van der Waals surface area contributed by atoms with Crippen molar-refractivity contribution in [1.82, 2.24) is 19.4 Å². The first-order valence-corrected chi connectivity index (χ1v) is 13.0. The molecular weight excluding hydrogens is 514 g/mol. The second-order valence-corrected chi connectivity index (χ2v) is 10.1. The lowest BCUT2D eigenvalue weighted by Gasteiger charge is -2.26. The lowest BCUT2D eigenvalue weighted by atomic mass is 10.1. The highest BCUT2D eigenvalue weighted by atomic mass is 35.5. The largest absolute Gasteiger partial charge is 0.466 e. The highest BCUT2D eigenvalue weighted by molar-refractivity contribution is 6.31. The van der Waals surface area contributed by atoms with Gasteiger partial charge in [-0.2, -0.15) is 4.48 Å². The number of nitrogens with zero attached hydrogens (tertiary/aromatic N) is 4. The molecule has 0 aliphatic carbocycles. The normalized spacial score (nSPS) is 16.9. The number of fused-ring (bicyclic) bond motifs is 1. The Kier molecular flexibility index (Phi) is 7.08. The summed E-state index contributed by atoms with van der Waals surface area (Å²) in [6, 6.07) is 18.7. The van der Waals surface area contributed by atoms with E-state index in [1.54, 1.807) is 18.0 Å². The first-order valence-electron chi connectivity index (χ1n) is 12.6. The molecule has 1 N–H and O–H groups in total. The summed E-state index contributed by atoms with van der Waals surface area (Å²) in [6.45, 7) is 5.89. The van der Waals surface area contributed by atoms with E-state index in [9.17, 15) is 9.59 Å². The molecule has 2 aromatic carbocycles. The van der Waals surface area contributed by atoms with Gasteiger partial charge < -0.3 is 9.72 Å². The Labute approximate surface area is 232 Å². The van der Waals surface area contributed by atoms with Crippen molar-refractivity contribution in [3.8, 4) is 11.4 Å². The molecule has 0 saturated heterocycles. The number of aromatic nitrogens is 3. The van der Waals surface area contributed by atoms with E-state index >= 15 is 0 Å². The van der Waals surface area contributed by atoms with Crippen molar-refractivity contribution >= 4 is 52.6 Å². The van der Waals surface area contributed by atoms with Crippen molar-refractivity contribution in [3.05, 3.63) is 88.8 Å². The zero-order chi connectivity index (χ0) is 27.7. The predicted molar refractivity (Wildman–Crippen MR) is 154 cm³/mol. The summed E-state index contributed by atoms with van der Waals surface area (Å²) in [6.07, 6.45) is 3.68. The number of carbonyl (C=O) groups excluding carboxylic acids is 2. The lowest BCUT2D eigenvalue weighted by Crippen LogP contribution is -2.46. The molecule has 1 atom stereocenters. The number of H-pyrrole nitrogens is 1. The van der Waals surface area contributed by atoms with Crippen LogP contribution in [-0.2, 0) is 16.0 Å². The molecule has 5 rings (SSSR count). The summed E-state index contributed by atoms with van der Waals surface area (Å²) in [5.74, 6) is 1.01. The van der Waals surface area contributed by atoms with Gasteiger partial charge in [0.1, 0.15) is 11.5 Å². The van der Waals surface area contributed by atoms with Gasteiger partial charge >= 0.3 is 12.0 Å². The number of carbonyl (C=O) groups is 2. The molecule has 0 radical (unpaired) electrons. The van der Waals surface area contributed by atoms with Crippen molar-refractivity contribution in [1.29, 1.82) is 0 Å². The van der Waals surface area contributed by atoms with Crippen LogP contribution in [-0.4, -0.2) is 40.6 Å². The second-order valence-electron chi connectivity index (χ2n) is 9.49. The van der Waals surface area contributed by atoms with E-state index in [1.165, 1.54) is 0 Å². The number of hydrogen-bond acceptors (Lipinski definition) is 5. The van der Waals surface area contributed by atoms with Crippen LogP contribution in [0.4, 0.5) is 27.7 Å². The van der Waals surface area contributed by atoms with Crippen molar-refractivity contribution in [2.45, 2.75) is 27.2 Å². The summed E-state index contributed by atoms with van der Waals surface area (Å²) in [7, 11) is 1.87. The zero-order valence-corrected chi connectivity index (χ0v) is 23.0. The van der Waals surface area contributed by atoms with Gasteiger partial charge in [-0.25, -0.2) is 19.7 Å². The summed E-state index contributed by atoms with van der Waals surface area (Å²) in [5.41, 5.74) is 5.65. The molecule has 198 valence electrons. The smallest absolute Gasteiger partial charge is 0.439 e. The molecule has 0 saturated carbocycles. The van der Waals surface area contributed by atoms with Gasteiger partial charge in [0, 0.05) is 40.7 Å². The van der Waals surface area contributed by atoms with Crippen LogP contribution in [0.25, 0.3) is 17.5 Å². The van der Waals surface area contributed by atoms with E-state index in [0.29, 0.717) is 23.1 Å². The zero-order valence-electron chi connectivity index (χ0n) is 22.2. The highest BCUT2D eigenvalue weighted by Crippen LogP contribution is 2.48. The van der Waals surface area contributed by atoms with Gasteiger partial charge in [0.05, 0.1) is 31.5 Å². The molecule has 39 heavy (non-hydrogen) atoms. The Balaban J connectivity index is 1.47. The van der Waals surface area contributed by atoms with Gasteiger partial charge in [-0.1, -0.05) is 23.7 Å². The van der Waals surface area contributed by atoms with Gasteiger partial charge in [0.25, 0.3) is 0 Å². The van der Waals surface area contributed by atoms with Crippen LogP contribution in [0.2, 0.25) is 0 Å². The highest BCUT2D eigenvalue weighted by Gasteiger charge is 2.52. The number of urea groups is 1. The van der Waals surface area contributed by atoms with Gasteiger partial charge in [-0.3, -0.25) is 4.79 Å². The quantitative estimate of drug-likeness (QED) is 0.200. The number of aryl methyl sites for hydroxylation is 1. The fraction of sp³-hybridized carbons (Fsp3) is 0.200. The molecule has 1 aliphatic heterocycles. The molecule has 4 aromatic rings. The van der Waals surface area contributed by atoms with Gasteiger partial charge in [-0.05, 0) is 62.7 Å². The van der Waals surface area contributed by atoms with Crippen molar-refractivity contribution in [3.63, 3.8) is 0 Å². The Hall–Kier alpha value is -4.27. The molecule has 0 bridgehead atoms. The Bertz CT molecular complexity index is 1570. The number of rotatable bonds is 7. The topological polar surface area (TPSA) is 88.2 Å². The molecule has 1 unspecified atom stereocenters. The third-order valence-corrected chi connectivity index (χ3v) is 6.91. The van der Waals surface area contributed by atoms with Gasteiger partial charge in [-0.15, -0.1) is 0 Å². The van der Waals surface area contributed by atoms with Crippen molar-refractivity contribution in [2.24, 2.45) is 0 Å². The monoisotopic (exact) mass is 542 g/mol. The minimum atomic E-state index is -0.284. The summed E-state index contributed by atoms with van der Waals surface area (Å²) < 4.78 is 4.97. The number of halogens is 1. The number of benzene rings is 2. The molecule has 2 amide bonds. The van der Waals surface area contributed by atoms with Crippen LogP contribution in [0.3, 0.4) is 0 Å². The third kappa shape index (κ3) is 4.84. The van der Waals surface area contributed by atoms with Crippen LogP contribution < -0.4 is 9.38 Å². The van der Waals surface area contributed by atoms with Crippen molar-refractivity contribution in [2.75, 3.05) is 18.6 Å². The number of nitrogens with one attached hydrogen (secondary N) is 1. The number of aromatic amines is 1.